The zero-order chi connectivity index (χ0) is 12.3. The lowest BCUT2D eigenvalue weighted by atomic mass is 9.96. The highest BCUT2D eigenvalue weighted by atomic mass is 15.4. The molecule has 2 rings (SSSR count). The van der Waals surface area contributed by atoms with Gasteiger partial charge in [-0.3, -0.25) is 4.90 Å². The van der Waals surface area contributed by atoms with E-state index in [0.717, 1.165) is 45.0 Å². The number of piperazine rings is 1. The summed E-state index contributed by atoms with van der Waals surface area (Å²) in [6.45, 7) is 11.7. The van der Waals surface area contributed by atoms with E-state index < -0.39 is 0 Å². The zero-order valence-corrected chi connectivity index (χ0v) is 11.1. The largest absolute Gasteiger partial charge is 0.309 e. The molecule has 0 aromatic carbocycles. The summed E-state index contributed by atoms with van der Waals surface area (Å²) in [5.41, 5.74) is 0.245. The van der Waals surface area contributed by atoms with Gasteiger partial charge in [0.25, 0.3) is 0 Å². The smallest absolute Gasteiger partial charge is 0.140 e. The predicted octanol–water partition coefficient (Wildman–Crippen LogP) is 0.872. The normalized spacial score (nSPS) is 26.3. The van der Waals surface area contributed by atoms with Crippen LogP contribution < -0.4 is 5.32 Å². The van der Waals surface area contributed by atoms with Gasteiger partial charge in [0.2, 0.25) is 0 Å². The van der Waals surface area contributed by atoms with E-state index in [1.54, 1.807) is 6.33 Å². The minimum Gasteiger partial charge on any atom is -0.309 e. The van der Waals surface area contributed by atoms with Crippen LogP contribution in [0.15, 0.2) is 6.33 Å². The molecule has 17 heavy (non-hydrogen) atoms. The summed E-state index contributed by atoms with van der Waals surface area (Å²) in [6.07, 6.45) is 2.81. The standard InChI is InChI=1S/C12H23N5/c1-4-12(3)9-16(7-6-14-12)8-11-13-10-15-17(11)5-2/h10,14H,4-9H2,1-3H3. The molecule has 5 heteroatoms. The van der Waals surface area contributed by atoms with E-state index in [1.807, 2.05) is 4.68 Å². The third-order valence-electron chi connectivity index (χ3n) is 3.69. The van der Waals surface area contributed by atoms with Crippen LogP contribution in [-0.4, -0.2) is 44.8 Å². The second-order valence-electron chi connectivity index (χ2n) is 5.04. The average molecular weight is 237 g/mol. The Kier molecular flexibility index (Phi) is 3.79. The summed E-state index contributed by atoms with van der Waals surface area (Å²) in [5, 5.41) is 7.82. The van der Waals surface area contributed by atoms with Gasteiger partial charge in [0.15, 0.2) is 0 Å². The van der Waals surface area contributed by atoms with Crippen LogP contribution >= 0.6 is 0 Å². The van der Waals surface area contributed by atoms with E-state index in [0.29, 0.717) is 0 Å². The molecule has 1 fully saturated rings. The zero-order valence-electron chi connectivity index (χ0n) is 11.1. The van der Waals surface area contributed by atoms with Crippen LogP contribution in [0.2, 0.25) is 0 Å². The van der Waals surface area contributed by atoms with Gasteiger partial charge in [0.05, 0.1) is 6.54 Å². The predicted molar refractivity (Wildman–Crippen MR) is 67.7 cm³/mol. The van der Waals surface area contributed by atoms with Crippen LogP contribution in [0.4, 0.5) is 0 Å². The molecule has 0 aliphatic carbocycles. The fourth-order valence-electron chi connectivity index (χ4n) is 2.39. The summed E-state index contributed by atoms with van der Waals surface area (Å²) < 4.78 is 1.98. The number of nitrogens with zero attached hydrogens (tertiary/aromatic N) is 4. The van der Waals surface area contributed by atoms with Crippen molar-refractivity contribution in [2.45, 2.75) is 45.8 Å². The van der Waals surface area contributed by atoms with Crippen molar-refractivity contribution in [1.29, 1.82) is 0 Å². The number of hydrogen-bond donors (Lipinski definition) is 1. The summed E-state index contributed by atoms with van der Waals surface area (Å²) in [4.78, 5) is 6.81. The molecule has 1 N–H and O–H groups in total. The molecule has 1 atom stereocenters. The fourth-order valence-corrected chi connectivity index (χ4v) is 2.39. The lowest BCUT2D eigenvalue weighted by Crippen LogP contribution is -2.58. The molecule has 0 spiro atoms. The number of rotatable bonds is 4. The number of aryl methyl sites for hydroxylation is 1. The van der Waals surface area contributed by atoms with Gasteiger partial charge in [-0.1, -0.05) is 6.92 Å². The highest BCUT2D eigenvalue weighted by Crippen LogP contribution is 2.16. The van der Waals surface area contributed by atoms with Crippen LogP contribution in [0.5, 0.6) is 0 Å². The van der Waals surface area contributed by atoms with Crippen molar-refractivity contribution in [3.63, 3.8) is 0 Å². The Labute approximate surface area is 103 Å². The lowest BCUT2D eigenvalue weighted by Gasteiger charge is -2.40. The summed E-state index contributed by atoms with van der Waals surface area (Å²) >= 11 is 0. The fraction of sp³-hybridized carbons (Fsp3) is 0.833. The van der Waals surface area contributed by atoms with Gasteiger partial charge in [0, 0.05) is 31.7 Å². The maximum Gasteiger partial charge on any atom is 0.140 e. The Hall–Kier alpha value is -0.940. The number of hydrogen-bond acceptors (Lipinski definition) is 4. The Bertz CT molecular complexity index is 362. The summed E-state index contributed by atoms with van der Waals surface area (Å²) in [7, 11) is 0. The van der Waals surface area contributed by atoms with Gasteiger partial charge >= 0.3 is 0 Å². The van der Waals surface area contributed by atoms with E-state index in [9.17, 15) is 0 Å². The molecule has 1 aromatic heterocycles. The molecular weight excluding hydrogens is 214 g/mol. The maximum absolute atomic E-state index is 4.34. The molecule has 0 radical (unpaired) electrons. The second-order valence-corrected chi connectivity index (χ2v) is 5.04. The average Bonchev–Trinajstić information content (AvgIpc) is 2.76. The second kappa shape index (κ2) is 5.14. The van der Waals surface area contributed by atoms with Crippen molar-refractivity contribution in [3.8, 4) is 0 Å². The minimum atomic E-state index is 0.245. The van der Waals surface area contributed by atoms with Gasteiger partial charge in [-0.2, -0.15) is 5.10 Å². The molecule has 0 bridgehead atoms. The van der Waals surface area contributed by atoms with E-state index in [-0.39, 0.29) is 5.54 Å². The van der Waals surface area contributed by atoms with Crippen molar-refractivity contribution in [3.05, 3.63) is 12.2 Å². The van der Waals surface area contributed by atoms with E-state index in [1.165, 1.54) is 0 Å². The highest BCUT2D eigenvalue weighted by molar-refractivity contribution is 4.93. The van der Waals surface area contributed by atoms with Crippen molar-refractivity contribution in [2.75, 3.05) is 19.6 Å². The van der Waals surface area contributed by atoms with Gasteiger partial charge in [-0.15, -0.1) is 0 Å². The Morgan fingerprint density at radius 3 is 3.00 bits per heavy atom. The molecule has 2 heterocycles. The van der Waals surface area contributed by atoms with Gasteiger partial charge in [-0.05, 0) is 20.3 Å². The number of aromatic nitrogens is 3. The first-order valence-electron chi connectivity index (χ1n) is 6.51. The quantitative estimate of drug-likeness (QED) is 0.844. The molecule has 1 aliphatic heterocycles. The Balaban J connectivity index is 1.99. The first-order valence-corrected chi connectivity index (χ1v) is 6.51. The highest BCUT2D eigenvalue weighted by Gasteiger charge is 2.29. The molecule has 0 saturated carbocycles. The third-order valence-corrected chi connectivity index (χ3v) is 3.69. The molecule has 5 nitrogen and oxygen atoms in total. The summed E-state index contributed by atoms with van der Waals surface area (Å²) in [6, 6.07) is 0. The first-order chi connectivity index (χ1) is 8.17. The van der Waals surface area contributed by atoms with Crippen LogP contribution in [0.25, 0.3) is 0 Å². The molecule has 0 amide bonds. The van der Waals surface area contributed by atoms with Gasteiger partial charge < -0.3 is 5.32 Å². The molecular formula is C12H23N5. The van der Waals surface area contributed by atoms with Crippen molar-refractivity contribution in [2.24, 2.45) is 0 Å². The topological polar surface area (TPSA) is 46.0 Å². The van der Waals surface area contributed by atoms with E-state index in [2.05, 4.69) is 41.1 Å². The van der Waals surface area contributed by atoms with Crippen LogP contribution in [0.3, 0.4) is 0 Å². The maximum atomic E-state index is 4.34. The molecule has 1 aliphatic rings. The van der Waals surface area contributed by atoms with Crippen LogP contribution in [-0.2, 0) is 13.1 Å². The summed E-state index contributed by atoms with van der Waals surface area (Å²) in [5.74, 6) is 1.08. The lowest BCUT2D eigenvalue weighted by molar-refractivity contribution is 0.129. The Morgan fingerprint density at radius 2 is 2.29 bits per heavy atom. The van der Waals surface area contributed by atoms with Crippen LogP contribution in [0, 0.1) is 0 Å². The van der Waals surface area contributed by atoms with Crippen LogP contribution in [0.1, 0.15) is 33.0 Å². The van der Waals surface area contributed by atoms with Crippen molar-refractivity contribution in [1.82, 2.24) is 25.0 Å². The first kappa shape index (κ1) is 12.5. The third kappa shape index (κ3) is 2.84. The van der Waals surface area contributed by atoms with Gasteiger partial charge in [-0.25, -0.2) is 9.67 Å². The van der Waals surface area contributed by atoms with Gasteiger partial charge in [0.1, 0.15) is 12.2 Å². The van der Waals surface area contributed by atoms with E-state index >= 15 is 0 Å². The molecule has 96 valence electrons. The number of nitrogens with one attached hydrogen (secondary N) is 1. The Morgan fingerprint density at radius 1 is 1.47 bits per heavy atom. The van der Waals surface area contributed by atoms with Crippen molar-refractivity contribution < 1.29 is 0 Å². The molecule has 1 aromatic rings. The SMILES string of the molecule is CCn1ncnc1CN1CCNC(C)(CC)C1. The van der Waals surface area contributed by atoms with Crippen molar-refractivity contribution >= 4 is 0 Å². The molecule has 1 unspecified atom stereocenters. The molecule has 1 saturated heterocycles. The monoisotopic (exact) mass is 237 g/mol. The minimum absolute atomic E-state index is 0.245. The van der Waals surface area contributed by atoms with E-state index in [4.69, 9.17) is 0 Å².